The fourth-order valence-electron chi connectivity index (χ4n) is 2.35. The summed E-state index contributed by atoms with van der Waals surface area (Å²) in [5.74, 6) is 2.40. The zero-order valence-electron chi connectivity index (χ0n) is 11.4. The second-order valence-corrected chi connectivity index (χ2v) is 6.01. The minimum absolute atomic E-state index is 0.0481. The van der Waals surface area contributed by atoms with Crippen molar-refractivity contribution in [2.45, 2.75) is 13.0 Å². The summed E-state index contributed by atoms with van der Waals surface area (Å²) in [6.45, 7) is 2.50. The molecule has 0 saturated carbocycles. The molecule has 20 heavy (non-hydrogen) atoms. The molecule has 6 nitrogen and oxygen atoms in total. The molecule has 0 bridgehead atoms. The van der Waals surface area contributed by atoms with Gasteiger partial charge in [-0.15, -0.1) is 0 Å². The predicted octanol–water partition coefficient (Wildman–Crippen LogP) is 1.65. The lowest BCUT2D eigenvalue weighted by atomic mass is 10.1. The van der Waals surface area contributed by atoms with E-state index >= 15 is 0 Å². The SMILES string of the molecule is Cc1cc(C(=O)N2CCSCC2c2cnn(C)c2)no1. The van der Waals surface area contributed by atoms with E-state index in [1.807, 2.05) is 36.1 Å². The van der Waals surface area contributed by atoms with Crippen LogP contribution in [0.5, 0.6) is 0 Å². The normalized spacial score (nSPS) is 19.3. The summed E-state index contributed by atoms with van der Waals surface area (Å²) in [6.07, 6.45) is 3.79. The first kappa shape index (κ1) is 13.2. The third kappa shape index (κ3) is 2.45. The predicted molar refractivity (Wildman–Crippen MR) is 75.6 cm³/mol. The van der Waals surface area contributed by atoms with Crippen molar-refractivity contribution in [1.29, 1.82) is 0 Å². The number of hydrogen-bond donors (Lipinski definition) is 0. The maximum Gasteiger partial charge on any atom is 0.276 e. The van der Waals surface area contributed by atoms with Crippen LogP contribution < -0.4 is 0 Å². The Morgan fingerprint density at radius 1 is 1.55 bits per heavy atom. The first-order valence-corrected chi connectivity index (χ1v) is 7.61. The van der Waals surface area contributed by atoms with Gasteiger partial charge in [0.05, 0.1) is 12.2 Å². The van der Waals surface area contributed by atoms with E-state index in [-0.39, 0.29) is 11.9 Å². The molecule has 106 valence electrons. The first-order chi connectivity index (χ1) is 9.65. The third-order valence-electron chi connectivity index (χ3n) is 3.35. The van der Waals surface area contributed by atoms with Crippen LogP contribution in [-0.4, -0.2) is 43.8 Å². The maximum atomic E-state index is 12.6. The molecule has 0 aliphatic carbocycles. The number of aromatic nitrogens is 3. The highest BCUT2D eigenvalue weighted by atomic mass is 32.2. The molecule has 1 aliphatic rings. The van der Waals surface area contributed by atoms with Crippen molar-refractivity contribution >= 4 is 17.7 Å². The van der Waals surface area contributed by atoms with Gasteiger partial charge in [0.25, 0.3) is 5.91 Å². The molecule has 0 N–H and O–H groups in total. The minimum Gasteiger partial charge on any atom is -0.361 e. The third-order valence-corrected chi connectivity index (χ3v) is 4.37. The number of hydrogen-bond acceptors (Lipinski definition) is 5. The lowest BCUT2D eigenvalue weighted by Gasteiger charge is -2.34. The lowest BCUT2D eigenvalue weighted by molar-refractivity contribution is 0.0690. The van der Waals surface area contributed by atoms with Crippen molar-refractivity contribution in [3.05, 3.63) is 35.5 Å². The molecular formula is C13H16N4O2S. The van der Waals surface area contributed by atoms with Gasteiger partial charge in [-0.3, -0.25) is 9.48 Å². The Balaban J connectivity index is 1.87. The van der Waals surface area contributed by atoms with Gasteiger partial charge in [0.2, 0.25) is 0 Å². The molecule has 1 saturated heterocycles. The average molecular weight is 292 g/mol. The van der Waals surface area contributed by atoms with Crippen LogP contribution in [0.4, 0.5) is 0 Å². The van der Waals surface area contributed by atoms with E-state index in [1.165, 1.54) is 0 Å². The number of carbonyl (C=O) groups excluding carboxylic acids is 1. The van der Waals surface area contributed by atoms with E-state index < -0.39 is 0 Å². The van der Waals surface area contributed by atoms with E-state index in [1.54, 1.807) is 17.7 Å². The fourth-order valence-corrected chi connectivity index (χ4v) is 3.44. The van der Waals surface area contributed by atoms with Gasteiger partial charge in [-0.25, -0.2) is 0 Å². The minimum atomic E-state index is -0.0731. The van der Waals surface area contributed by atoms with E-state index in [0.29, 0.717) is 11.5 Å². The van der Waals surface area contributed by atoms with Gasteiger partial charge in [-0.1, -0.05) is 5.16 Å². The Hall–Kier alpha value is -1.76. The molecular weight excluding hydrogens is 276 g/mol. The zero-order chi connectivity index (χ0) is 14.1. The lowest BCUT2D eigenvalue weighted by Crippen LogP contribution is -2.40. The molecule has 1 unspecified atom stereocenters. The Morgan fingerprint density at radius 3 is 3.05 bits per heavy atom. The van der Waals surface area contributed by atoms with Crippen LogP contribution in [0, 0.1) is 6.92 Å². The Kier molecular flexibility index (Phi) is 3.52. The van der Waals surface area contributed by atoms with Crippen LogP contribution >= 0.6 is 11.8 Å². The van der Waals surface area contributed by atoms with E-state index in [0.717, 1.165) is 23.6 Å². The fraction of sp³-hybridized carbons (Fsp3) is 0.462. The van der Waals surface area contributed by atoms with Crippen molar-refractivity contribution in [3.63, 3.8) is 0 Å². The van der Waals surface area contributed by atoms with Gasteiger partial charge in [-0.05, 0) is 6.92 Å². The van der Waals surface area contributed by atoms with Crippen molar-refractivity contribution in [1.82, 2.24) is 19.8 Å². The second-order valence-electron chi connectivity index (χ2n) is 4.86. The molecule has 0 spiro atoms. The molecule has 1 atom stereocenters. The van der Waals surface area contributed by atoms with Gasteiger partial charge in [0.1, 0.15) is 5.76 Å². The molecule has 1 fully saturated rings. The number of amides is 1. The quantitative estimate of drug-likeness (QED) is 0.842. The highest BCUT2D eigenvalue weighted by Crippen LogP contribution is 2.30. The Labute approximate surface area is 121 Å². The van der Waals surface area contributed by atoms with E-state index in [4.69, 9.17) is 4.52 Å². The van der Waals surface area contributed by atoms with Gasteiger partial charge in [0, 0.05) is 42.9 Å². The zero-order valence-corrected chi connectivity index (χ0v) is 12.3. The average Bonchev–Trinajstić information content (AvgIpc) is 3.07. The molecule has 0 radical (unpaired) electrons. The molecule has 7 heteroatoms. The van der Waals surface area contributed by atoms with Crippen LogP contribution in [0.1, 0.15) is 27.9 Å². The summed E-state index contributed by atoms with van der Waals surface area (Å²) >= 11 is 1.85. The summed E-state index contributed by atoms with van der Waals surface area (Å²) in [6, 6.07) is 1.73. The number of thioether (sulfide) groups is 1. The first-order valence-electron chi connectivity index (χ1n) is 6.46. The van der Waals surface area contributed by atoms with Crippen molar-refractivity contribution in [2.75, 3.05) is 18.1 Å². The molecule has 2 aromatic rings. The molecule has 0 aromatic carbocycles. The topological polar surface area (TPSA) is 64.2 Å². The summed E-state index contributed by atoms with van der Waals surface area (Å²) in [5, 5.41) is 8.03. The maximum absolute atomic E-state index is 12.6. The summed E-state index contributed by atoms with van der Waals surface area (Å²) in [7, 11) is 1.88. The smallest absolute Gasteiger partial charge is 0.276 e. The Bertz CT molecular complexity index is 621. The molecule has 2 aromatic heterocycles. The van der Waals surface area contributed by atoms with Crippen LogP contribution in [-0.2, 0) is 7.05 Å². The largest absolute Gasteiger partial charge is 0.361 e. The van der Waals surface area contributed by atoms with Crippen molar-refractivity contribution < 1.29 is 9.32 Å². The Morgan fingerprint density at radius 2 is 2.40 bits per heavy atom. The van der Waals surface area contributed by atoms with Gasteiger partial charge in [0.15, 0.2) is 5.69 Å². The molecule has 3 heterocycles. The van der Waals surface area contributed by atoms with E-state index in [9.17, 15) is 4.79 Å². The van der Waals surface area contributed by atoms with Crippen LogP contribution in [0.15, 0.2) is 23.0 Å². The summed E-state index contributed by atoms with van der Waals surface area (Å²) in [5.41, 5.74) is 1.44. The van der Waals surface area contributed by atoms with Crippen LogP contribution in [0.25, 0.3) is 0 Å². The molecule has 1 amide bonds. The van der Waals surface area contributed by atoms with Gasteiger partial charge < -0.3 is 9.42 Å². The molecule has 1 aliphatic heterocycles. The van der Waals surface area contributed by atoms with Crippen molar-refractivity contribution in [2.24, 2.45) is 7.05 Å². The number of nitrogens with zero attached hydrogens (tertiary/aromatic N) is 4. The monoisotopic (exact) mass is 292 g/mol. The van der Waals surface area contributed by atoms with Gasteiger partial charge in [-0.2, -0.15) is 16.9 Å². The number of aryl methyl sites for hydroxylation is 2. The second kappa shape index (κ2) is 5.32. The number of carbonyl (C=O) groups is 1. The summed E-state index contributed by atoms with van der Waals surface area (Å²) in [4.78, 5) is 14.4. The summed E-state index contributed by atoms with van der Waals surface area (Å²) < 4.78 is 6.76. The number of rotatable bonds is 2. The highest BCUT2D eigenvalue weighted by molar-refractivity contribution is 7.99. The highest BCUT2D eigenvalue weighted by Gasteiger charge is 2.31. The van der Waals surface area contributed by atoms with Crippen molar-refractivity contribution in [3.8, 4) is 0 Å². The van der Waals surface area contributed by atoms with E-state index in [2.05, 4.69) is 10.3 Å². The van der Waals surface area contributed by atoms with Crippen LogP contribution in [0.2, 0.25) is 0 Å². The van der Waals surface area contributed by atoms with Crippen LogP contribution in [0.3, 0.4) is 0 Å². The molecule has 3 rings (SSSR count). The standard InChI is InChI=1S/C13H16N4O2S/c1-9-5-11(15-19-9)13(18)17-3-4-20-8-12(17)10-6-14-16(2)7-10/h5-7,12H,3-4,8H2,1-2H3. The van der Waals surface area contributed by atoms with Gasteiger partial charge >= 0.3 is 0 Å².